The molecule has 0 atom stereocenters. The van der Waals surface area contributed by atoms with E-state index in [1.54, 1.807) is 23.6 Å². The average molecular weight is 306 g/mol. The molecule has 0 aliphatic carbocycles. The molecular weight excluding hydrogens is 295 g/mol. The number of carboxylic acid groups (broad SMARTS) is 1. The maximum absolute atomic E-state index is 12.8. The van der Waals surface area contributed by atoms with Crippen molar-refractivity contribution in [2.75, 3.05) is 0 Å². The van der Waals surface area contributed by atoms with Gasteiger partial charge < -0.3 is 10.2 Å². The van der Waals surface area contributed by atoms with Crippen LogP contribution in [-0.4, -0.2) is 22.0 Å². The molecule has 0 bridgehead atoms. The van der Waals surface area contributed by atoms with Crippen molar-refractivity contribution in [1.82, 2.24) is 0 Å². The second kappa shape index (κ2) is 6.32. The van der Waals surface area contributed by atoms with Gasteiger partial charge in [-0.15, -0.1) is 11.3 Å². The topological polar surface area (TPSA) is 74.6 Å². The highest BCUT2D eigenvalue weighted by Gasteiger charge is 2.15. The Morgan fingerprint density at radius 3 is 2.43 bits per heavy atom. The van der Waals surface area contributed by atoms with Crippen molar-refractivity contribution in [2.45, 2.75) is 6.42 Å². The van der Waals surface area contributed by atoms with E-state index in [1.165, 1.54) is 12.1 Å². The maximum atomic E-state index is 12.8. The Morgan fingerprint density at radius 2 is 1.81 bits per heavy atom. The van der Waals surface area contributed by atoms with Crippen molar-refractivity contribution in [3.8, 4) is 0 Å². The number of allylic oxidation sites excluding steroid dienone is 1. The van der Waals surface area contributed by atoms with Gasteiger partial charge in [0.1, 0.15) is 5.82 Å². The minimum atomic E-state index is -1.56. The van der Waals surface area contributed by atoms with Gasteiger partial charge in [-0.05, 0) is 41.1 Å². The molecule has 0 unspecified atom stereocenters. The van der Waals surface area contributed by atoms with Crippen LogP contribution in [0.3, 0.4) is 0 Å². The molecule has 2 aromatic rings. The molecule has 2 N–H and O–H groups in total. The molecule has 2 rings (SSSR count). The lowest BCUT2D eigenvalue weighted by Gasteiger charge is -2.02. The van der Waals surface area contributed by atoms with E-state index in [-0.39, 0.29) is 5.82 Å². The Bertz CT molecular complexity index is 701. The number of rotatable bonds is 5. The molecule has 1 aromatic heterocycles. The molecule has 0 spiro atoms. The van der Waals surface area contributed by atoms with Crippen molar-refractivity contribution in [3.05, 3.63) is 69.4 Å². The molecule has 1 aromatic carbocycles. The van der Waals surface area contributed by atoms with E-state index in [0.717, 1.165) is 16.9 Å². The van der Waals surface area contributed by atoms with Crippen LogP contribution < -0.4 is 0 Å². The van der Waals surface area contributed by atoms with Gasteiger partial charge in [0.2, 0.25) is 5.76 Å². The van der Waals surface area contributed by atoms with E-state index >= 15 is 0 Å². The number of carbonyl (C=O) groups is 2. The Labute approximate surface area is 123 Å². The van der Waals surface area contributed by atoms with Crippen LogP contribution in [0.1, 0.15) is 20.8 Å². The summed E-state index contributed by atoms with van der Waals surface area (Å²) in [4.78, 5) is 22.8. The Balaban J connectivity index is 2.22. The summed E-state index contributed by atoms with van der Waals surface area (Å²) in [6.07, 6.45) is 1.11. The van der Waals surface area contributed by atoms with Gasteiger partial charge in [-0.1, -0.05) is 12.1 Å². The number of benzene rings is 1. The van der Waals surface area contributed by atoms with Crippen LogP contribution in [0.5, 0.6) is 0 Å². The first-order valence-corrected chi connectivity index (χ1v) is 6.84. The van der Waals surface area contributed by atoms with Gasteiger partial charge in [-0.3, -0.25) is 4.79 Å². The summed E-state index contributed by atoms with van der Waals surface area (Å²) in [7, 11) is 0. The van der Waals surface area contributed by atoms with E-state index in [0.29, 0.717) is 22.9 Å². The number of carbonyl (C=O) groups excluding carboxylic acids is 1. The summed E-state index contributed by atoms with van der Waals surface area (Å²) < 4.78 is 12.8. The van der Waals surface area contributed by atoms with Crippen LogP contribution in [0.25, 0.3) is 0 Å². The summed E-state index contributed by atoms with van der Waals surface area (Å²) in [5.41, 5.74) is 1.53. The minimum Gasteiger partial charge on any atom is -0.502 e. The van der Waals surface area contributed by atoms with Gasteiger partial charge in [0.15, 0.2) is 5.78 Å². The molecule has 0 radical (unpaired) electrons. The van der Waals surface area contributed by atoms with Crippen LogP contribution >= 0.6 is 11.3 Å². The zero-order chi connectivity index (χ0) is 15.4. The number of halogens is 1. The van der Waals surface area contributed by atoms with Gasteiger partial charge in [-0.25, -0.2) is 9.18 Å². The highest BCUT2D eigenvalue weighted by Crippen LogP contribution is 2.22. The van der Waals surface area contributed by atoms with E-state index in [4.69, 9.17) is 10.2 Å². The highest BCUT2D eigenvalue weighted by atomic mass is 32.1. The summed E-state index contributed by atoms with van der Waals surface area (Å²) in [5.74, 6) is -3.46. The molecule has 0 amide bonds. The molecule has 0 fully saturated rings. The zero-order valence-corrected chi connectivity index (χ0v) is 11.6. The third kappa shape index (κ3) is 3.76. The molecule has 4 nitrogen and oxygen atoms in total. The third-order valence-electron chi connectivity index (χ3n) is 2.77. The van der Waals surface area contributed by atoms with Crippen molar-refractivity contribution in [2.24, 2.45) is 0 Å². The molecule has 0 aliphatic rings. The van der Waals surface area contributed by atoms with Crippen LogP contribution in [0.15, 0.2) is 47.5 Å². The Kier molecular flexibility index (Phi) is 4.49. The van der Waals surface area contributed by atoms with Gasteiger partial charge in [0.25, 0.3) is 0 Å². The first-order valence-electron chi connectivity index (χ1n) is 5.96. The third-order valence-corrected chi connectivity index (χ3v) is 3.74. The molecule has 0 saturated carbocycles. The lowest BCUT2D eigenvalue weighted by molar-refractivity contribution is -0.135. The number of aliphatic carboxylic acids is 1. The number of thiophene rings is 1. The Hall–Kier alpha value is -2.47. The van der Waals surface area contributed by atoms with Crippen LogP contribution in [0.2, 0.25) is 0 Å². The predicted molar refractivity (Wildman–Crippen MR) is 76.2 cm³/mol. The molecule has 108 valence electrons. The smallest absolute Gasteiger partial charge is 0.371 e. The summed E-state index contributed by atoms with van der Waals surface area (Å²) in [6, 6.07) is 7.64. The monoisotopic (exact) mass is 306 g/mol. The number of ketones is 1. The van der Waals surface area contributed by atoms with E-state index in [9.17, 15) is 14.0 Å². The molecule has 6 heteroatoms. The fourth-order valence-corrected chi connectivity index (χ4v) is 2.60. The molecule has 0 aliphatic heterocycles. The van der Waals surface area contributed by atoms with E-state index in [1.807, 2.05) is 0 Å². The minimum absolute atomic E-state index is 0.338. The van der Waals surface area contributed by atoms with E-state index < -0.39 is 17.5 Å². The van der Waals surface area contributed by atoms with Crippen molar-refractivity contribution in [3.63, 3.8) is 0 Å². The Morgan fingerprint density at radius 1 is 1.14 bits per heavy atom. The van der Waals surface area contributed by atoms with Crippen LogP contribution in [-0.2, 0) is 11.2 Å². The number of carboxylic acids is 1. The standard InChI is InChI=1S/C15H11FO4S/c16-11-3-1-9(2-4-11)7-10-5-6-21-14(10)12(17)8-13(18)15(19)20/h1-6,8,18H,7H2,(H,19,20). The SMILES string of the molecule is O=C(O)C(O)=CC(=O)c1sccc1Cc1ccc(F)cc1. The number of hydrogen-bond donors (Lipinski definition) is 2. The van der Waals surface area contributed by atoms with Crippen LogP contribution in [0, 0.1) is 5.82 Å². The fraction of sp³-hybridized carbons (Fsp3) is 0.0667. The average Bonchev–Trinajstić information content (AvgIpc) is 2.89. The van der Waals surface area contributed by atoms with Crippen molar-refractivity contribution < 1.29 is 24.2 Å². The second-order valence-corrected chi connectivity index (χ2v) is 5.19. The van der Waals surface area contributed by atoms with Gasteiger partial charge in [0.05, 0.1) is 4.88 Å². The quantitative estimate of drug-likeness (QED) is 0.505. The molecule has 1 heterocycles. The lowest BCUT2D eigenvalue weighted by Crippen LogP contribution is -2.04. The molecule has 21 heavy (non-hydrogen) atoms. The normalized spacial score (nSPS) is 11.4. The maximum Gasteiger partial charge on any atom is 0.371 e. The second-order valence-electron chi connectivity index (χ2n) is 4.28. The van der Waals surface area contributed by atoms with Gasteiger partial charge in [0, 0.05) is 6.08 Å². The summed E-state index contributed by atoms with van der Waals surface area (Å²) in [5, 5.41) is 19.4. The van der Waals surface area contributed by atoms with Gasteiger partial charge in [-0.2, -0.15) is 0 Å². The van der Waals surface area contributed by atoms with Crippen molar-refractivity contribution in [1.29, 1.82) is 0 Å². The first-order chi connectivity index (χ1) is 9.97. The number of aliphatic hydroxyl groups is 1. The van der Waals surface area contributed by atoms with Gasteiger partial charge >= 0.3 is 5.97 Å². The predicted octanol–water partition coefficient (Wildman–Crippen LogP) is 3.19. The molecular formula is C15H11FO4S. The lowest BCUT2D eigenvalue weighted by atomic mass is 10.0. The zero-order valence-electron chi connectivity index (χ0n) is 10.7. The largest absolute Gasteiger partial charge is 0.502 e. The summed E-state index contributed by atoms with van der Waals surface area (Å²) in [6.45, 7) is 0. The van der Waals surface area contributed by atoms with Crippen LogP contribution in [0.4, 0.5) is 4.39 Å². The first kappa shape index (κ1) is 14.9. The summed E-state index contributed by atoms with van der Waals surface area (Å²) >= 11 is 1.16. The fourth-order valence-electron chi connectivity index (χ4n) is 1.76. The number of aliphatic hydroxyl groups excluding tert-OH is 1. The number of hydrogen-bond acceptors (Lipinski definition) is 4. The molecule has 0 saturated heterocycles. The highest BCUT2D eigenvalue weighted by molar-refractivity contribution is 7.12. The van der Waals surface area contributed by atoms with Crippen molar-refractivity contribution >= 4 is 23.1 Å². The van der Waals surface area contributed by atoms with E-state index in [2.05, 4.69) is 0 Å².